The van der Waals surface area contributed by atoms with Gasteiger partial charge in [-0.15, -0.1) is 0 Å². The molecule has 1 N–H and O–H groups in total. The van der Waals surface area contributed by atoms with E-state index in [1.165, 1.54) is 36.4 Å². The molecule has 0 aliphatic carbocycles. The summed E-state index contributed by atoms with van der Waals surface area (Å²) in [4.78, 5) is 2.65. The van der Waals surface area contributed by atoms with E-state index in [2.05, 4.69) is 74.1 Å². The van der Waals surface area contributed by atoms with Gasteiger partial charge in [0.05, 0.1) is 0 Å². The highest BCUT2D eigenvalue weighted by Crippen LogP contribution is 2.26. The molecule has 2 nitrogen and oxygen atoms in total. The van der Waals surface area contributed by atoms with Crippen LogP contribution in [0.25, 0.3) is 0 Å². The number of nitrogens with zero attached hydrogens (tertiary/aromatic N) is 1. The van der Waals surface area contributed by atoms with E-state index in [4.69, 9.17) is 0 Å². The number of rotatable bonds is 5. The molecular formula is C17H28N2S. The fraction of sp³-hybridized carbons (Fsp3) is 0.647. The van der Waals surface area contributed by atoms with Gasteiger partial charge in [-0.2, -0.15) is 11.8 Å². The molecule has 0 saturated carbocycles. The van der Waals surface area contributed by atoms with Crippen LogP contribution in [-0.4, -0.2) is 42.1 Å². The van der Waals surface area contributed by atoms with E-state index in [0.717, 1.165) is 5.25 Å². The van der Waals surface area contributed by atoms with Gasteiger partial charge in [-0.3, -0.25) is 4.90 Å². The summed E-state index contributed by atoms with van der Waals surface area (Å²) in [5.41, 5.74) is 2.76. The standard InChI is InChI=1S/C17H28N2S/c1-13-6-5-7-16(12-13)17(18-4)8-9-19-10-11-20-15(3)14(19)2/h5-7,12,14-15,17-18H,8-11H2,1-4H3. The second-order valence-corrected chi connectivity index (χ2v) is 7.38. The quantitative estimate of drug-likeness (QED) is 0.894. The topological polar surface area (TPSA) is 15.3 Å². The average molecular weight is 292 g/mol. The Hall–Kier alpha value is -0.510. The fourth-order valence-corrected chi connectivity index (χ4v) is 4.13. The van der Waals surface area contributed by atoms with Gasteiger partial charge in [-0.1, -0.05) is 36.8 Å². The molecule has 3 unspecified atom stereocenters. The van der Waals surface area contributed by atoms with Gasteiger partial charge in [-0.25, -0.2) is 0 Å². The third kappa shape index (κ3) is 4.00. The fourth-order valence-electron chi connectivity index (χ4n) is 2.97. The highest BCUT2D eigenvalue weighted by atomic mass is 32.2. The SMILES string of the molecule is CNC(CCN1CCSC(C)C1C)c1cccc(C)c1. The van der Waals surface area contributed by atoms with Gasteiger partial charge in [-0.05, 0) is 32.9 Å². The summed E-state index contributed by atoms with van der Waals surface area (Å²) >= 11 is 2.11. The Balaban J connectivity index is 1.94. The molecule has 3 heteroatoms. The zero-order chi connectivity index (χ0) is 14.5. The Morgan fingerprint density at radius 3 is 2.90 bits per heavy atom. The zero-order valence-corrected chi connectivity index (χ0v) is 14.0. The van der Waals surface area contributed by atoms with Crippen molar-refractivity contribution >= 4 is 11.8 Å². The Bertz CT molecular complexity index is 421. The van der Waals surface area contributed by atoms with Crippen LogP contribution in [0.2, 0.25) is 0 Å². The van der Waals surface area contributed by atoms with Gasteiger partial charge in [0, 0.05) is 36.2 Å². The molecule has 1 aliphatic rings. The molecule has 1 heterocycles. The lowest BCUT2D eigenvalue weighted by molar-refractivity contribution is 0.203. The van der Waals surface area contributed by atoms with Gasteiger partial charge in [0.1, 0.15) is 0 Å². The third-order valence-electron chi connectivity index (χ3n) is 4.51. The van der Waals surface area contributed by atoms with E-state index in [0.29, 0.717) is 12.1 Å². The van der Waals surface area contributed by atoms with Crippen molar-refractivity contribution in [3.63, 3.8) is 0 Å². The number of aryl methyl sites for hydroxylation is 1. The Morgan fingerprint density at radius 1 is 1.40 bits per heavy atom. The van der Waals surface area contributed by atoms with Crippen LogP contribution in [0.4, 0.5) is 0 Å². The summed E-state index contributed by atoms with van der Waals surface area (Å²) in [6.45, 7) is 9.32. The number of hydrogen-bond donors (Lipinski definition) is 1. The average Bonchev–Trinajstić information content (AvgIpc) is 2.44. The summed E-state index contributed by atoms with van der Waals surface area (Å²) in [7, 11) is 2.07. The molecule has 3 atom stereocenters. The molecule has 1 aromatic carbocycles. The molecule has 0 amide bonds. The van der Waals surface area contributed by atoms with E-state index in [1.54, 1.807) is 0 Å². The maximum Gasteiger partial charge on any atom is 0.0329 e. The zero-order valence-electron chi connectivity index (χ0n) is 13.2. The molecule has 0 spiro atoms. The summed E-state index contributed by atoms with van der Waals surface area (Å²) in [6.07, 6.45) is 1.18. The van der Waals surface area contributed by atoms with E-state index in [1.807, 2.05) is 0 Å². The van der Waals surface area contributed by atoms with E-state index < -0.39 is 0 Å². The van der Waals surface area contributed by atoms with E-state index in [-0.39, 0.29) is 0 Å². The summed E-state index contributed by atoms with van der Waals surface area (Å²) in [5, 5.41) is 4.24. The Morgan fingerprint density at radius 2 is 2.20 bits per heavy atom. The predicted molar refractivity (Wildman–Crippen MR) is 90.6 cm³/mol. The van der Waals surface area contributed by atoms with Gasteiger partial charge in [0.15, 0.2) is 0 Å². The second-order valence-electron chi connectivity index (χ2n) is 5.90. The van der Waals surface area contributed by atoms with Crippen molar-refractivity contribution in [1.82, 2.24) is 10.2 Å². The molecule has 112 valence electrons. The second kappa shape index (κ2) is 7.48. The van der Waals surface area contributed by atoms with Crippen molar-refractivity contribution in [2.24, 2.45) is 0 Å². The van der Waals surface area contributed by atoms with Crippen molar-refractivity contribution < 1.29 is 0 Å². The number of thioether (sulfide) groups is 1. The van der Waals surface area contributed by atoms with E-state index >= 15 is 0 Å². The minimum Gasteiger partial charge on any atom is -0.313 e. The summed E-state index contributed by atoms with van der Waals surface area (Å²) in [6, 6.07) is 10.0. The Labute approximate surface area is 128 Å². The van der Waals surface area contributed by atoms with Crippen LogP contribution in [0.15, 0.2) is 24.3 Å². The van der Waals surface area contributed by atoms with Crippen LogP contribution in [0, 0.1) is 6.92 Å². The van der Waals surface area contributed by atoms with Gasteiger partial charge in [0.25, 0.3) is 0 Å². The first-order chi connectivity index (χ1) is 9.61. The van der Waals surface area contributed by atoms with Crippen molar-refractivity contribution in [3.8, 4) is 0 Å². The van der Waals surface area contributed by atoms with Gasteiger partial charge < -0.3 is 5.32 Å². The highest BCUT2D eigenvalue weighted by molar-refractivity contribution is 8.00. The lowest BCUT2D eigenvalue weighted by Gasteiger charge is -2.38. The van der Waals surface area contributed by atoms with Crippen molar-refractivity contribution in [2.45, 2.75) is 44.5 Å². The highest BCUT2D eigenvalue weighted by Gasteiger charge is 2.25. The molecule has 1 aromatic rings. The first-order valence-corrected chi connectivity index (χ1v) is 8.76. The maximum atomic E-state index is 3.48. The van der Waals surface area contributed by atoms with Crippen LogP contribution >= 0.6 is 11.8 Å². The molecule has 0 radical (unpaired) electrons. The van der Waals surface area contributed by atoms with Crippen LogP contribution in [-0.2, 0) is 0 Å². The minimum absolute atomic E-state index is 0.465. The van der Waals surface area contributed by atoms with Crippen molar-refractivity contribution in [2.75, 3.05) is 25.9 Å². The van der Waals surface area contributed by atoms with Crippen molar-refractivity contribution in [1.29, 1.82) is 0 Å². The summed E-state index contributed by atoms with van der Waals surface area (Å²) in [5.74, 6) is 1.28. The van der Waals surface area contributed by atoms with Crippen LogP contribution in [0.3, 0.4) is 0 Å². The monoisotopic (exact) mass is 292 g/mol. The molecular weight excluding hydrogens is 264 g/mol. The summed E-state index contributed by atoms with van der Waals surface area (Å²) < 4.78 is 0. The van der Waals surface area contributed by atoms with Gasteiger partial charge in [0.2, 0.25) is 0 Å². The third-order valence-corrected chi connectivity index (χ3v) is 5.85. The number of nitrogens with one attached hydrogen (secondary N) is 1. The Kier molecular flexibility index (Phi) is 5.94. The first-order valence-electron chi connectivity index (χ1n) is 7.71. The maximum absolute atomic E-state index is 3.48. The van der Waals surface area contributed by atoms with Crippen LogP contribution < -0.4 is 5.32 Å². The molecule has 1 saturated heterocycles. The number of hydrogen-bond acceptors (Lipinski definition) is 3. The molecule has 0 aromatic heterocycles. The normalized spacial score (nSPS) is 25.6. The minimum atomic E-state index is 0.465. The largest absolute Gasteiger partial charge is 0.313 e. The first kappa shape index (κ1) is 15.9. The molecule has 0 bridgehead atoms. The van der Waals surface area contributed by atoms with Crippen molar-refractivity contribution in [3.05, 3.63) is 35.4 Å². The van der Waals surface area contributed by atoms with E-state index in [9.17, 15) is 0 Å². The molecule has 2 rings (SSSR count). The van der Waals surface area contributed by atoms with Crippen LogP contribution in [0.1, 0.15) is 37.4 Å². The smallest absolute Gasteiger partial charge is 0.0329 e. The molecule has 1 fully saturated rings. The van der Waals surface area contributed by atoms with Gasteiger partial charge >= 0.3 is 0 Å². The number of benzene rings is 1. The predicted octanol–water partition coefficient (Wildman–Crippen LogP) is 3.47. The lowest BCUT2D eigenvalue weighted by Crippen LogP contribution is -2.45. The lowest BCUT2D eigenvalue weighted by atomic mass is 10.0. The van der Waals surface area contributed by atoms with Crippen LogP contribution in [0.5, 0.6) is 0 Å². The molecule has 20 heavy (non-hydrogen) atoms. The molecule has 1 aliphatic heterocycles.